The van der Waals surface area contributed by atoms with E-state index in [2.05, 4.69) is 95.2 Å². The lowest BCUT2D eigenvalue weighted by atomic mass is 9.71. The van der Waals surface area contributed by atoms with E-state index in [-0.39, 0.29) is 27.4 Å². The van der Waals surface area contributed by atoms with E-state index in [4.69, 9.17) is 0 Å². The Bertz CT molecular complexity index is 1090. The van der Waals surface area contributed by atoms with Crippen LogP contribution in [-0.4, -0.2) is 16.0 Å². The number of phenols is 2. The second kappa shape index (κ2) is 10.7. The highest BCUT2D eigenvalue weighted by atomic mass is 16.3. The number of ketones is 1. The summed E-state index contributed by atoms with van der Waals surface area (Å²) in [6.07, 6.45) is 2.29. The molecule has 0 aromatic heterocycles. The SMILES string of the molecule is Cc1cc(CCC(=O)CCc2cc(C)c(O)c(C(C)(C)C)c2C(C)(C)C)c(C(C)(C)C)c(C(C)(C)C)c1O. The van der Waals surface area contributed by atoms with E-state index in [9.17, 15) is 15.0 Å². The van der Waals surface area contributed by atoms with Gasteiger partial charge in [0.15, 0.2) is 0 Å². The van der Waals surface area contributed by atoms with E-state index in [1.807, 2.05) is 13.8 Å². The average molecular weight is 523 g/mol. The van der Waals surface area contributed by atoms with Crippen LogP contribution >= 0.6 is 0 Å². The smallest absolute Gasteiger partial charge is 0.133 e. The number of benzene rings is 2. The first kappa shape index (κ1) is 31.9. The molecule has 0 aliphatic carbocycles. The fourth-order valence-electron chi connectivity index (χ4n) is 6.00. The molecule has 0 amide bonds. The van der Waals surface area contributed by atoms with Crippen molar-refractivity contribution >= 4 is 5.78 Å². The van der Waals surface area contributed by atoms with Gasteiger partial charge in [-0.3, -0.25) is 4.79 Å². The molecule has 0 saturated carbocycles. The molecule has 212 valence electrons. The molecule has 0 aliphatic rings. The maximum Gasteiger partial charge on any atom is 0.133 e. The molecular formula is C35H54O3. The molecule has 0 heterocycles. The maximum absolute atomic E-state index is 13.3. The number of aromatic hydroxyl groups is 2. The van der Waals surface area contributed by atoms with E-state index in [0.29, 0.717) is 37.2 Å². The first-order valence-corrected chi connectivity index (χ1v) is 14.2. The Balaban J connectivity index is 2.40. The molecule has 0 atom stereocenters. The minimum atomic E-state index is -0.206. The van der Waals surface area contributed by atoms with Gasteiger partial charge in [-0.1, -0.05) is 95.2 Å². The topological polar surface area (TPSA) is 57.5 Å². The fourth-order valence-corrected chi connectivity index (χ4v) is 6.00. The summed E-state index contributed by atoms with van der Waals surface area (Å²) in [5, 5.41) is 22.0. The van der Waals surface area contributed by atoms with E-state index in [0.717, 1.165) is 33.4 Å². The van der Waals surface area contributed by atoms with Crippen molar-refractivity contribution in [1.29, 1.82) is 0 Å². The standard InChI is InChI=1S/C35H54O3/c1-21-19-23(26(32(3,4)5)28(30(21)37)34(9,10)11)15-17-25(36)18-16-24-20-22(2)31(38)29(35(12,13)14)27(24)33(6,7)8/h19-20,37-38H,15-18H2,1-14H3. The number of rotatable bonds is 6. The van der Waals surface area contributed by atoms with Crippen LogP contribution in [0.4, 0.5) is 0 Å². The van der Waals surface area contributed by atoms with E-state index >= 15 is 0 Å². The third kappa shape index (κ3) is 7.01. The highest BCUT2D eigenvalue weighted by Crippen LogP contribution is 2.45. The molecule has 0 fully saturated rings. The number of hydrogen-bond acceptors (Lipinski definition) is 3. The minimum absolute atomic E-state index is 0.152. The quantitative estimate of drug-likeness (QED) is 0.398. The highest BCUT2D eigenvalue weighted by molar-refractivity contribution is 5.79. The van der Waals surface area contributed by atoms with E-state index in [1.165, 1.54) is 11.1 Å². The van der Waals surface area contributed by atoms with Crippen LogP contribution < -0.4 is 0 Å². The molecule has 0 spiro atoms. The van der Waals surface area contributed by atoms with Crippen LogP contribution in [-0.2, 0) is 39.3 Å². The van der Waals surface area contributed by atoms with Gasteiger partial charge in [-0.2, -0.15) is 0 Å². The zero-order valence-electron chi connectivity index (χ0n) is 26.8. The number of aryl methyl sites for hydroxylation is 4. The number of carbonyl (C=O) groups is 1. The largest absolute Gasteiger partial charge is 0.507 e. The summed E-state index contributed by atoms with van der Waals surface area (Å²) in [6.45, 7) is 29.9. The van der Waals surface area contributed by atoms with Gasteiger partial charge in [0, 0.05) is 24.0 Å². The predicted octanol–water partition coefficient (Wildman–Crippen LogP) is 9.04. The van der Waals surface area contributed by atoms with Crippen molar-refractivity contribution in [2.24, 2.45) is 0 Å². The summed E-state index contributed by atoms with van der Waals surface area (Å²) < 4.78 is 0. The van der Waals surface area contributed by atoms with Crippen LogP contribution in [0.2, 0.25) is 0 Å². The Morgan fingerprint density at radius 1 is 0.553 bits per heavy atom. The Labute approximate surface area is 233 Å². The van der Waals surface area contributed by atoms with Crippen LogP contribution in [0.25, 0.3) is 0 Å². The van der Waals surface area contributed by atoms with E-state index in [1.54, 1.807) is 0 Å². The molecule has 0 saturated heterocycles. The van der Waals surface area contributed by atoms with Crippen LogP contribution in [0, 0.1) is 13.8 Å². The number of phenolic OH excluding ortho intramolecular Hbond substituents is 2. The van der Waals surface area contributed by atoms with Gasteiger partial charge < -0.3 is 10.2 Å². The maximum atomic E-state index is 13.3. The normalized spacial score (nSPS) is 13.2. The first-order chi connectivity index (χ1) is 17.0. The lowest BCUT2D eigenvalue weighted by molar-refractivity contribution is -0.119. The van der Waals surface area contributed by atoms with Gasteiger partial charge in [0.1, 0.15) is 17.3 Å². The van der Waals surface area contributed by atoms with Crippen molar-refractivity contribution in [3.63, 3.8) is 0 Å². The van der Waals surface area contributed by atoms with Gasteiger partial charge in [0.2, 0.25) is 0 Å². The molecule has 0 unspecified atom stereocenters. The molecule has 2 rings (SSSR count). The predicted molar refractivity (Wildman–Crippen MR) is 162 cm³/mol. The Kier molecular flexibility index (Phi) is 8.99. The first-order valence-electron chi connectivity index (χ1n) is 14.2. The summed E-state index contributed by atoms with van der Waals surface area (Å²) in [4.78, 5) is 13.3. The van der Waals surface area contributed by atoms with Crippen molar-refractivity contribution in [2.75, 3.05) is 0 Å². The number of carbonyl (C=O) groups excluding carboxylic acids is 1. The Hall–Kier alpha value is -2.29. The van der Waals surface area contributed by atoms with Gasteiger partial charge in [-0.15, -0.1) is 0 Å². The van der Waals surface area contributed by atoms with Gasteiger partial charge in [0.25, 0.3) is 0 Å². The highest BCUT2D eigenvalue weighted by Gasteiger charge is 2.33. The van der Waals surface area contributed by atoms with Crippen molar-refractivity contribution in [2.45, 2.75) is 144 Å². The molecule has 0 bridgehead atoms. The van der Waals surface area contributed by atoms with E-state index < -0.39 is 0 Å². The molecule has 0 radical (unpaired) electrons. The minimum Gasteiger partial charge on any atom is -0.507 e. The number of hydrogen-bond donors (Lipinski definition) is 2. The molecular weight excluding hydrogens is 468 g/mol. The van der Waals surface area contributed by atoms with Gasteiger partial charge in [0.05, 0.1) is 0 Å². The average Bonchev–Trinajstić information content (AvgIpc) is 2.70. The van der Waals surface area contributed by atoms with Gasteiger partial charge in [-0.25, -0.2) is 0 Å². The van der Waals surface area contributed by atoms with Crippen LogP contribution in [0.15, 0.2) is 12.1 Å². The Morgan fingerprint density at radius 2 is 0.816 bits per heavy atom. The summed E-state index contributed by atoms with van der Waals surface area (Å²) in [5.41, 5.74) is 7.68. The zero-order valence-corrected chi connectivity index (χ0v) is 26.8. The molecule has 2 N–H and O–H groups in total. The molecule has 2 aromatic rings. The summed E-state index contributed by atoms with van der Waals surface area (Å²) in [5.74, 6) is 1.00. The van der Waals surface area contributed by atoms with Crippen molar-refractivity contribution in [3.05, 3.63) is 56.6 Å². The zero-order chi connectivity index (χ0) is 29.6. The van der Waals surface area contributed by atoms with Crippen LogP contribution in [0.1, 0.15) is 140 Å². The second-order valence-electron chi connectivity index (χ2n) is 15.4. The van der Waals surface area contributed by atoms with Crippen molar-refractivity contribution in [3.8, 4) is 11.5 Å². The van der Waals surface area contributed by atoms with Crippen molar-refractivity contribution in [1.82, 2.24) is 0 Å². The molecule has 38 heavy (non-hydrogen) atoms. The molecule has 3 nitrogen and oxygen atoms in total. The van der Waals surface area contributed by atoms with Gasteiger partial charge >= 0.3 is 0 Å². The summed E-state index contributed by atoms with van der Waals surface area (Å²) in [7, 11) is 0. The summed E-state index contributed by atoms with van der Waals surface area (Å²) >= 11 is 0. The van der Waals surface area contributed by atoms with Crippen molar-refractivity contribution < 1.29 is 15.0 Å². The fraction of sp³-hybridized carbons (Fsp3) is 0.629. The molecule has 2 aromatic carbocycles. The monoisotopic (exact) mass is 522 g/mol. The summed E-state index contributed by atoms with van der Waals surface area (Å²) in [6, 6.07) is 4.16. The van der Waals surface area contributed by atoms with Gasteiger partial charge in [-0.05, 0) is 81.7 Å². The molecule has 3 heteroatoms. The molecule has 0 aliphatic heterocycles. The van der Waals surface area contributed by atoms with Crippen LogP contribution in [0.3, 0.4) is 0 Å². The number of Topliss-reactive ketones (excluding diaryl/α,β-unsaturated/α-hetero) is 1. The third-order valence-electron chi connectivity index (χ3n) is 7.49. The Morgan fingerprint density at radius 3 is 1.05 bits per heavy atom. The second-order valence-corrected chi connectivity index (χ2v) is 15.4. The lowest BCUT2D eigenvalue weighted by Gasteiger charge is -2.34. The van der Waals surface area contributed by atoms with Crippen LogP contribution in [0.5, 0.6) is 11.5 Å². The lowest BCUT2D eigenvalue weighted by Crippen LogP contribution is -2.25. The third-order valence-corrected chi connectivity index (χ3v) is 7.49.